The Morgan fingerprint density at radius 1 is 1.53 bits per heavy atom. The van der Waals surface area contributed by atoms with Crippen molar-refractivity contribution in [1.29, 1.82) is 0 Å². The maximum Gasteiger partial charge on any atom is 0.292 e. The van der Waals surface area contributed by atoms with E-state index in [1.165, 1.54) is 12.5 Å². The first-order valence-corrected chi connectivity index (χ1v) is 5.03. The van der Waals surface area contributed by atoms with Gasteiger partial charge in [-0.3, -0.25) is 10.1 Å². The number of rotatable bonds is 4. The molecule has 0 aliphatic heterocycles. The summed E-state index contributed by atoms with van der Waals surface area (Å²) in [4.78, 5) is 14.2. The molecule has 0 saturated carbocycles. The number of aromatic nitrogens is 1. The zero-order valence-corrected chi connectivity index (χ0v) is 9.21. The average molecular weight is 233 g/mol. The van der Waals surface area contributed by atoms with E-state index in [9.17, 15) is 10.1 Å². The normalized spacial score (nSPS) is 10.2. The molecule has 0 aliphatic carbocycles. The average Bonchev–Trinajstić information content (AvgIpc) is 2.80. The van der Waals surface area contributed by atoms with Gasteiger partial charge in [0.1, 0.15) is 11.4 Å². The van der Waals surface area contributed by atoms with E-state index in [4.69, 9.17) is 4.42 Å². The van der Waals surface area contributed by atoms with E-state index in [-0.39, 0.29) is 5.69 Å². The van der Waals surface area contributed by atoms with Gasteiger partial charge in [-0.05, 0) is 18.6 Å². The number of nitrogens with one attached hydrogen (secondary N) is 1. The lowest BCUT2D eigenvalue weighted by Crippen LogP contribution is -2.02. The molecule has 0 aliphatic rings. The molecule has 0 bridgehead atoms. The number of anilines is 1. The highest BCUT2D eigenvalue weighted by Gasteiger charge is 2.13. The predicted octanol–water partition coefficient (Wildman–Crippen LogP) is 2.50. The van der Waals surface area contributed by atoms with Gasteiger partial charge in [0.15, 0.2) is 6.39 Å². The van der Waals surface area contributed by atoms with Crippen LogP contribution in [0.4, 0.5) is 11.4 Å². The first-order chi connectivity index (χ1) is 8.16. The maximum absolute atomic E-state index is 10.9. The quantitative estimate of drug-likeness (QED) is 0.648. The molecule has 0 radical (unpaired) electrons. The second-order valence-electron chi connectivity index (χ2n) is 3.60. The first-order valence-electron chi connectivity index (χ1n) is 5.03. The fraction of sp³-hybridized carbons (Fsp3) is 0.182. The molecule has 0 amide bonds. The van der Waals surface area contributed by atoms with Crippen molar-refractivity contribution >= 4 is 11.4 Å². The first kappa shape index (κ1) is 11.1. The van der Waals surface area contributed by atoms with E-state index in [2.05, 4.69) is 10.3 Å². The van der Waals surface area contributed by atoms with E-state index in [0.717, 1.165) is 5.56 Å². The van der Waals surface area contributed by atoms with Gasteiger partial charge in [0.25, 0.3) is 5.69 Å². The topological polar surface area (TPSA) is 81.2 Å². The van der Waals surface area contributed by atoms with Crippen LogP contribution in [0.2, 0.25) is 0 Å². The van der Waals surface area contributed by atoms with Crippen LogP contribution in [0.15, 0.2) is 35.2 Å². The van der Waals surface area contributed by atoms with Crippen LogP contribution in [0.1, 0.15) is 11.3 Å². The summed E-state index contributed by atoms with van der Waals surface area (Å²) in [7, 11) is 0. The summed E-state index contributed by atoms with van der Waals surface area (Å²) in [6, 6.07) is 5.03. The van der Waals surface area contributed by atoms with E-state index < -0.39 is 4.92 Å². The van der Waals surface area contributed by atoms with E-state index in [0.29, 0.717) is 18.0 Å². The third-order valence-electron chi connectivity index (χ3n) is 2.29. The molecule has 0 saturated heterocycles. The van der Waals surface area contributed by atoms with Crippen LogP contribution in [-0.2, 0) is 6.54 Å². The van der Waals surface area contributed by atoms with E-state index in [1.807, 2.05) is 13.0 Å². The van der Waals surface area contributed by atoms with Crippen molar-refractivity contribution in [3.05, 3.63) is 52.2 Å². The molecular weight excluding hydrogens is 222 g/mol. The molecule has 0 fully saturated rings. The van der Waals surface area contributed by atoms with Gasteiger partial charge >= 0.3 is 0 Å². The van der Waals surface area contributed by atoms with Gasteiger partial charge in [-0.15, -0.1) is 0 Å². The van der Waals surface area contributed by atoms with Crippen LogP contribution in [0.25, 0.3) is 0 Å². The van der Waals surface area contributed by atoms with Crippen molar-refractivity contribution in [3.63, 3.8) is 0 Å². The molecule has 0 spiro atoms. The van der Waals surface area contributed by atoms with Crippen molar-refractivity contribution in [2.45, 2.75) is 13.5 Å². The number of benzene rings is 1. The van der Waals surface area contributed by atoms with Crippen molar-refractivity contribution in [2.75, 3.05) is 5.32 Å². The second-order valence-corrected chi connectivity index (χ2v) is 3.60. The number of aryl methyl sites for hydroxylation is 1. The zero-order valence-electron chi connectivity index (χ0n) is 9.21. The lowest BCUT2D eigenvalue weighted by atomic mass is 10.2. The summed E-state index contributed by atoms with van der Waals surface area (Å²) in [5.41, 5.74) is 1.38. The van der Waals surface area contributed by atoms with Crippen LogP contribution in [0.5, 0.6) is 0 Å². The van der Waals surface area contributed by atoms with Crippen LogP contribution < -0.4 is 5.32 Å². The Balaban J connectivity index is 2.17. The Morgan fingerprint density at radius 2 is 2.35 bits per heavy atom. The Hall–Kier alpha value is -2.37. The van der Waals surface area contributed by atoms with Gasteiger partial charge < -0.3 is 9.73 Å². The summed E-state index contributed by atoms with van der Waals surface area (Å²) >= 11 is 0. The van der Waals surface area contributed by atoms with Gasteiger partial charge in [-0.2, -0.15) is 0 Å². The van der Waals surface area contributed by atoms with Crippen LogP contribution in [0.3, 0.4) is 0 Å². The Labute approximate surface area is 97.4 Å². The van der Waals surface area contributed by atoms with Gasteiger partial charge in [-0.1, -0.05) is 6.07 Å². The van der Waals surface area contributed by atoms with Gasteiger partial charge in [0.05, 0.1) is 17.7 Å². The molecule has 2 aromatic rings. The Bertz CT molecular complexity index is 523. The molecule has 0 atom stereocenters. The molecule has 1 aromatic heterocycles. The smallest absolute Gasteiger partial charge is 0.292 e. The monoisotopic (exact) mass is 233 g/mol. The molecule has 1 heterocycles. The highest BCUT2D eigenvalue weighted by Crippen LogP contribution is 2.25. The highest BCUT2D eigenvalue weighted by molar-refractivity contribution is 5.62. The number of hydrogen-bond donors (Lipinski definition) is 1. The standard InChI is InChI=1S/C11H11N3O3/c1-8-2-3-10(11(4-8)14(15)16)13-6-9-5-12-7-17-9/h2-5,7,13H,6H2,1H3. The number of nitro benzene ring substituents is 1. The van der Waals surface area contributed by atoms with Gasteiger partial charge in [-0.25, -0.2) is 4.98 Å². The van der Waals surface area contributed by atoms with E-state index >= 15 is 0 Å². The molecule has 1 N–H and O–H groups in total. The lowest BCUT2D eigenvalue weighted by Gasteiger charge is -2.05. The molecule has 17 heavy (non-hydrogen) atoms. The highest BCUT2D eigenvalue weighted by atomic mass is 16.6. The van der Waals surface area contributed by atoms with Crippen molar-refractivity contribution < 1.29 is 9.34 Å². The van der Waals surface area contributed by atoms with Crippen molar-refractivity contribution in [3.8, 4) is 0 Å². The summed E-state index contributed by atoms with van der Waals surface area (Å²) < 4.78 is 5.04. The molecule has 6 nitrogen and oxygen atoms in total. The van der Waals surface area contributed by atoms with E-state index in [1.54, 1.807) is 12.3 Å². The Morgan fingerprint density at radius 3 is 3.00 bits per heavy atom. The molecule has 1 aromatic carbocycles. The number of nitro groups is 1. The number of hydrogen-bond acceptors (Lipinski definition) is 5. The lowest BCUT2D eigenvalue weighted by molar-refractivity contribution is -0.384. The van der Waals surface area contributed by atoms with Crippen LogP contribution in [0, 0.1) is 17.0 Å². The molecule has 6 heteroatoms. The van der Waals surface area contributed by atoms with Gasteiger partial charge in [0, 0.05) is 6.07 Å². The SMILES string of the molecule is Cc1ccc(NCc2cnco2)c([N+](=O)[O-])c1. The fourth-order valence-electron chi connectivity index (χ4n) is 1.45. The number of oxazole rings is 1. The predicted molar refractivity (Wildman–Crippen MR) is 61.7 cm³/mol. The third kappa shape index (κ3) is 2.60. The van der Waals surface area contributed by atoms with Crippen LogP contribution in [-0.4, -0.2) is 9.91 Å². The third-order valence-corrected chi connectivity index (χ3v) is 2.29. The zero-order chi connectivity index (χ0) is 12.3. The second kappa shape index (κ2) is 4.65. The summed E-state index contributed by atoms with van der Waals surface area (Å²) in [5, 5.41) is 13.8. The minimum absolute atomic E-state index is 0.0597. The van der Waals surface area contributed by atoms with Crippen LogP contribution >= 0.6 is 0 Å². The number of nitrogens with zero attached hydrogens (tertiary/aromatic N) is 2. The Kier molecular flexibility index (Phi) is 3.04. The minimum atomic E-state index is -0.407. The summed E-state index contributed by atoms with van der Waals surface area (Å²) in [5.74, 6) is 0.625. The maximum atomic E-state index is 10.9. The fourth-order valence-corrected chi connectivity index (χ4v) is 1.45. The summed E-state index contributed by atoms with van der Waals surface area (Å²) in [6.07, 6.45) is 2.88. The molecule has 88 valence electrons. The summed E-state index contributed by atoms with van der Waals surface area (Å²) in [6.45, 7) is 2.18. The molecular formula is C11H11N3O3. The van der Waals surface area contributed by atoms with Gasteiger partial charge in [0.2, 0.25) is 0 Å². The minimum Gasteiger partial charge on any atom is -0.447 e. The molecule has 2 rings (SSSR count). The van der Waals surface area contributed by atoms with Crippen molar-refractivity contribution in [1.82, 2.24) is 4.98 Å². The largest absolute Gasteiger partial charge is 0.447 e. The molecule has 0 unspecified atom stereocenters. The van der Waals surface area contributed by atoms with Crippen molar-refractivity contribution in [2.24, 2.45) is 0 Å².